The highest BCUT2D eigenvalue weighted by Crippen LogP contribution is 2.36. The molecule has 18 heavy (non-hydrogen) atoms. The first-order valence-corrected chi connectivity index (χ1v) is 7.57. The van der Waals surface area contributed by atoms with E-state index in [0.717, 1.165) is 11.5 Å². The van der Waals surface area contributed by atoms with Gasteiger partial charge >= 0.3 is 0 Å². The monoisotopic (exact) mass is 280 g/mol. The van der Waals surface area contributed by atoms with E-state index in [2.05, 4.69) is 9.97 Å². The van der Waals surface area contributed by atoms with Gasteiger partial charge in [0.25, 0.3) is 0 Å². The summed E-state index contributed by atoms with van der Waals surface area (Å²) in [6.07, 6.45) is 2.72. The van der Waals surface area contributed by atoms with Crippen LogP contribution >= 0.6 is 23.5 Å². The molecule has 0 atom stereocenters. The lowest BCUT2D eigenvalue weighted by Crippen LogP contribution is -2.21. The molecule has 4 nitrogen and oxygen atoms in total. The van der Waals surface area contributed by atoms with Crippen LogP contribution in [0.25, 0.3) is 0 Å². The van der Waals surface area contributed by atoms with E-state index in [1.54, 1.807) is 0 Å². The molecule has 1 aliphatic rings. The first-order chi connectivity index (χ1) is 8.70. The van der Waals surface area contributed by atoms with Gasteiger partial charge in [0.05, 0.1) is 15.4 Å². The van der Waals surface area contributed by atoms with Crippen LogP contribution in [-0.4, -0.2) is 33.0 Å². The van der Waals surface area contributed by atoms with E-state index in [1.165, 1.54) is 36.0 Å². The zero-order valence-corrected chi connectivity index (χ0v) is 11.7. The van der Waals surface area contributed by atoms with Gasteiger partial charge in [-0.2, -0.15) is 0 Å². The minimum atomic E-state index is -0.158. The fourth-order valence-corrected chi connectivity index (χ4v) is 3.51. The minimum absolute atomic E-state index is 0.131. The number of carbonyl (C=O) groups excluding carboxylic acids is 2. The lowest BCUT2D eigenvalue weighted by atomic mass is 10.0. The van der Waals surface area contributed by atoms with Gasteiger partial charge in [-0.1, -0.05) is 13.8 Å². The molecule has 0 amide bonds. The molecule has 0 unspecified atom stereocenters. The second-order valence-electron chi connectivity index (χ2n) is 3.47. The number of fused-ring (bicyclic) bond motifs is 1. The van der Waals surface area contributed by atoms with Crippen molar-refractivity contribution >= 4 is 35.1 Å². The molecule has 1 aliphatic carbocycles. The van der Waals surface area contributed by atoms with Crippen LogP contribution < -0.4 is 0 Å². The Morgan fingerprint density at radius 1 is 1.06 bits per heavy atom. The Balaban J connectivity index is 2.56. The van der Waals surface area contributed by atoms with Crippen molar-refractivity contribution in [2.75, 3.05) is 11.5 Å². The summed E-state index contributed by atoms with van der Waals surface area (Å²) in [7, 11) is 0. The number of thioether (sulfide) groups is 2. The smallest absolute Gasteiger partial charge is 0.219 e. The number of carbonyl (C=O) groups is 2. The standard InChI is InChI=1S/C12H12N2O2S2/c1-3-17-11-9(15)7-5-13-6-14-8(7)10(16)12(11)18-4-2/h5-6H,3-4H2,1-2H3. The third-order valence-corrected chi connectivity index (χ3v) is 4.43. The highest BCUT2D eigenvalue weighted by Gasteiger charge is 2.33. The fourth-order valence-electron chi connectivity index (χ4n) is 1.66. The Labute approximate surface area is 114 Å². The van der Waals surface area contributed by atoms with Crippen LogP contribution in [0.4, 0.5) is 0 Å². The highest BCUT2D eigenvalue weighted by atomic mass is 32.2. The van der Waals surface area contributed by atoms with E-state index in [4.69, 9.17) is 0 Å². The van der Waals surface area contributed by atoms with E-state index in [9.17, 15) is 9.59 Å². The number of rotatable bonds is 4. The lowest BCUT2D eigenvalue weighted by Gasteiger charge is -2.18. The van der Waals surface area contributed by atoms with Gasteiger partial charge in [0.2, 0.25) is 11.6 Å². The molecule has 6 heteroatoms. The van der Waals surface area contributed by atoms with Crippen LogP contribution in [0.1, 0.15) is 34.7 Å². The third-order valence-electron chi connectivity index (χ3n) is 2.37. The molecule has 94 valence electrons. The minimum Gasteiger partial charge on any atom is -0.288 e. The molecule has 0 bridgehead atoms. The van der Waals surface area contributed by atoms with Crippen molar-refractivity contribution in [3.63, 3.8) is 0 Å². The molecular weight excluding hydrogens is 268 g/mol. The van der Waals surface area contributed by atoms with Gasteiger partial charge < -0.3 is 0 Å². The van der Waals surface area contributed by atoms with Crippen molar-refractivity contribution in [3.8, 4) is 0 Å². The number of Topliss-reactive ketones (excluding diaryl/α,β-unsaturated/α-hetero) is 2. The number of hydrogen-bond donors (Lipinski definition) is 0. The quantitative estimate of drug-likeness (QED) is 0.845. The Hall–Kier alpha value is -1.14. The predicted molar refractivity (Wildman–Crippen MR) is 74.0 cm³/mol. The average Bonchev–Trinajstić information content (AvgIpc) is 2.40. The molecule has 0 aromatic carbocycles. The van der Waals surface area contributed by atoms with Crippen LogP contribution in [0.15, 0.2) is 22.3 Å². The molecule has 0 N–H and O–H groups in total. The summed E-state index contributed by atoms with van der Waals surface area (Å²) in [6, 6.07) is 0. The van der Waals surface area contributed by atoms with Crippen molar-refractivity contribution in [3.05, 3.63) is 33.6 Å². The first-order valence-electron chi connectivity index (χ1n) is 5.59. The molecule has 0 radical (unpaired) electrons. The Morgan fingerprint density at radius 3 is 2.28 bits per heavy atom. The largest absolute Gasteiger partial charge is 0.288 e. The fraction of sp³-hybridized carbons (Fsp3) is 0.333. The van der Waals surface area contributed by atoms with Gasteiger partial charge in [-0.15, -0.1) is 23.5 Å². The van der Waals surface area contributed by atoms with Gasteiger partial charge in [0.15, 0.2) is 0 Å². The number of hydrogen-bond acceptors (Lipinski definition) is 6. The van der Waals surface area contributed by atoms with E-state index < -0.39 is 0 Å². The van der Waals surface area contributed by atoms with E-state index in [-0.39, 0.29) is 17.3 Å². The molecule has 0 spiro atoms. The zero-order valence-electron chi connectivity index (χ0n) is 10.1. The van der Waals surface area contributed by atoms with Crippen LogP contribution in [0.3, 0.4) is 0 Å². The van der Waals surface area contributed by atoms with Crippen LogP contribution in [0.5, 0.6) is 0 Å². The SMILES string of the molecule is CCSC1=C(SCC)C(=O)c2ncncc2C1=O. The van der Waals surface area contributed by atoms with E-state index >= 15 is 0 Å². The van der Waals surface area contributed by atoms with Crippen LogP contribution in [-0.2, 0) is 0 Å². The number of nitrogens with zero attached hydrogens (tertiary/aromatic N) is 2. The summed E-state index contributed by atoms with van der Waals surface area (Å²) in [4.78, 5) is 33.4. The Morgan fingerprint density at radius 2 is 1.67 bits per heavy atom. The molecule has 1 aromatic heterocycles. The van der Waals surface area contributed by atoms with Gasteiger partial charge in [-0.3, -0.25) is 9.59 Å². The van der Waals surface area contributed by atoms with Gasteiger partial charge in [0, 0.05) is 6.20 Å². The number of ketones is 2. The second-order valence-corrected chi connectivity index (χ2v) is 6.02. The van der Waals surface area contributed by atoms with Crippen molar-refractivity contribution in [2.24, 2.45) is 0 Å². The van der Waals surface area contributed by atoms with Crippen LogP contribution in [0, 0.1) is 0 Å². The maximum atomic E-state index is 12.3. The molecule has 0 fully saturated rings. The predicted octanol–water partition coefficient (Wildman–Crippen LogP) is 2.57. The maximum absolute atomic E-state index is 12.3. The van der Waals surface area contributed by atoms with Crippen molar-refractivity contribution in [1.29, 1.82) is 0 Å². The van der Waals surface area contributed by atoms with Gasteiger partial charge in [-0.25, -0.2) is 9.97 Å². The molecule has 1 aromatic rings. The van der Waals surface area contributed by atoms with Gasteiger partial charge in [0.1, 0.15) is 12.0 Å². The summed E-state index contributed by atoms with van der Waals surface area (Å²) in [5, 5.41) is 0. The van der Waals surface area contributed by atoms with E-state index in [1.807, 2.05) is 13.8 Å². The summed E-state index contributed by atoms with van der Waals surface area (Å²) in [5.74, 6) is 1.22. The summed E-state index contributed by atoms with van der Waals surface area (Å²) < 4.78 is 0. The third kappa shape index (κ3) is 2.22. The van der Waals surface area contributed by atoms with E-state index in [0.29, 0.717) is 15.4 Å². The summed E-state index contributed by atoms with van der Waals surface area (Å²) >= 11 is 2.81. The second kappa shape index (κ2) is 5.67. The Bertz CT molecular complexity index is 494. The van der Waals surface area contributed by atoms with Crippen LogP contribution in [0.2, 0.25) is 0 Å². The molecular formula is C12H12N2O2S2. The lowest BCUT2D eigenvalue weighted by molar-refractivity contribution is 0.0984. The average molecular weight is 280 g/mol. The first kappa shape index (κ1) is 13.3. The molecule has 0 saturated heterocycles. The molecule has 0 aliphatic heterocycles. The van der Waals surface area contributed by atoms with Gasteiger partial charge in [-0.05, 0) is 11.5 Å². The maximum Gasteiger partial charge on any atom is 0.219 e. The topological polar surface area (TPSA) is 59.9 Å². The van der Waals surface area contributed by atoms with Crippen molar-refractivity contribution in [2.45, 2.75) is 13.8 Å². The number of allylic oxidation sites excluding steroid dienone is 2. The van der Waals surface area contributed by atoms with Crippen molar-refractivity contribution in [1.82, 2.24) is 9.97 Å². The normalized spacial score (nSPS) is 15.0. The summed E-state index contributed by atoms with van der Waals surface area (Å²) in [5.41, 5.74) is 0.547. The zero-order chi connectivity index (χ0) is 13.1. The Kier molecular flexibility index (Phi) is 4.19. The molecule has 0 saturated carbocycles. The molecule has 1 heterocycles. The van der Waals surface area contributed by atoms with Crippen molar-refractivity contribution < 1.29 is 9.59 Å². The highest BCUT2D eigenvalue weighted by molar-refractivity contribution is 8.08. The number of aromatic nitrogens is 2. The molecule has 2 rings (SSSR count). The summed E-state index contributed by atoms with van der Waals surface area (Å²) in [6.45, 7) is 3.92.